The number of carbonyl (C=O) groups is 3. The molecule has 0 saturated carbocycles. The molecular formula is C23H21BrN4O3. The lowest BCUT2D eigenvalue weighted by Gasteiger charge is -2.15. The number of para-hydroxylation sites is 1. The van der Waals surface area contributed by atoms with Crippen LogP contribution in [0.2, 0.25) is 0 Å². The van der Waals surface area contributed by atoms with Gasteiger partial charge in [-0.05, 0) is 67.6 Å². The monoisotopic (exact) mass is 480 g/mol. The predicted octanol–water partition coefficient (Wildman–Crippen LogP) is 4.85. The van der Waals surface area contributed by atoms with Gasteiger partial charge in [0, 0.05) is 27.1 Å². The van der Waals surface area contributed by atoms with Crippen LogP contribution in [-0.2, 0) is 4.79 Å². The highest BCUT2D eigenvalue weighted by Gasteiger charge is 2.17. The maximum atomic E-state index is 12.4. The van der Waals surface area contributed by atoms with Crippen LogP contribution in [0.3, 0.4) is 0 Å². The van der Waals surface area contributed by atoms with Gasteiger partial charge in [0.2, 0.25) is 5.91 Å². The number of carbonyl (C=O) groups excluding carboxylic acids is 3. The third-order valence-electron chi connectivity index (χ3n) is 4.29. The summed E-state index contributed by atoms with van der Waals surface area (Å²) in [5, 5.41) is 10.8. The molecule has 1 atom stereocenters. The molecule has 158 valence electrons. The summed E-state index contributed by atoms with van der Waals surface area (Å²) in [5.41, 5.74) is 2.27. The molecule has 3 aromatic carbocycles. The van der Waals surface area contributed by atoms with Crippen molar-refractivity contribution in [3.63, 3.8) is 0 Å². The lowest BCUT2D eigenvalue weighted by Crippen LogP contribution is -2.41. The number of nitrogens with one attached hydrogen (secondary N) is 4. The quantitative estimate of drug-likeness (QED) is 0.405. The Bertz CT molecular complexity index is 1050. The minimum Gasteiger partial charge on any atom is -0.341 e. The molecule has 31 heavy (non-hydrogen) atoms. The van der Waals surface area contributed by atoms with Crippen molar-refractivity contribution in [2.45, 2.75) is 13.0 Å². The zero-order valence-electron chi connectivity index (χ0n) is 16.7. The van der Waals surface area contributed by atoms with Crippen LogP contribution in [0, 0.1) is 0 Å². The third kappa shape index (κ3) is 6.68. The Morgan fingerprint density at radius 1 is 0.710 bits per heavy atom. The van der Waals surface area contributed by atoms with Gasteiger partial charge in [0.05, 0.1) is 0 Å². The van der Waals surface area contributed by atoms with Gasteiger partial charge in [0.15, 0.2) is 0 Å². The average molecular weight is 481 g/mol. The van der Waals surface area contributed by atoms with Crippen molar-refractivity contribution in [3.8, 4) is 0 Å². The van der Waals surface area contributed by atoms with Crippen molar-refractivity contribution in [3.05, 3.63) is 88.9 Å². The zero-order chi connectivity index (χ0) is 22.2. The highest BCUT2D eigenvalue weighted by Crippen LogP contribution is 2.15. The van der Waals surface area contributed by atoms with Gasteiger partial charge >= 0.3 is 6.03 Å². The third-order valence-corrected chi connectivity index (χ3v) is 4.82. The Kier molecular flexibility index (Phi) is 7.40. The molecule has 7 nitrogen and oxygen atoms in total. The van der Waals surface area contributed by atoms with E-state index in [1.807, 2.05) is 18.2 Å². The minimum absolute atomic E-state index is 0.334. The maximum absolute atomic E-state index is 12.4. The molecular weight excluding hydrogens is 460 g/mol. The van der Waals surface area contributed by atoms with Gasteiger partial charge < -0.3 is 21.3 Å². The van der Waals surface area contributed by atoms with E-state index in [2.05, 4.69) is 37.2 Å². The van der Waals surface area contributed by atoms with Crippen molar-refractivity contribution in [1.29, 1.82) is 0 Å². The van der Waals surface area contributed by atoms with E-state index in [1.165, 1.54) is 0 Å². The van der Waals surface area contributed by atoms with Crippen molar-refractivity contribution >= 4 is 50.8 Å². The van der Waals surface area contributed by atoms with Gasteiger partial charge in [-0.2, -0.15) is 0 Å². The van der Waals surface area contributed by atoms with E-state index in [0.29, 0.717) is 22.6 Å². The van der Waals surface area contributed by atoms with Crippen molar-refractivity contribution < 1.29 is 14.4 Å². The second-order valence-electron chi connectivity index (χ2n) is 6.71. The van der Waals surface area contributed by atoms with Gasteiger partial charge in [-0.15, -0.1) is 0 Å². The second kappa shape index (κ2) is 10.4. The van der Waals surface area contributed by atoms with Crippen LogP contribution in [0.4, 0.5) is 21.9 Å². The van der Waals surface area contributed by atoms with Crippen molar-refractivity contribution in [1.82, 2.24) is 5.32 Å². The molecule has 0 bridgehead atoms. The van der Waals surface area contributed by atoms with Crippen LogP contribution in [0.15, 0.2) is 83.3 Å². The molecule has 4 N–H and O–H groups in total. The van der Waals surface area contributed by atoms with Crippen LogP contribution >= 0.6 is 15.9 Å². The van der Waals surface area contributed by atoms with E-state index < -0.39 is 6.04 Å². The number of anilines is 3. The smallest absolute Gasteiger partial charge is 0.323 e. The molecule has 3 rings (SSSR count). The summed E-state index contributed by atoms with van der Waals surface area (Å²) in [6.07, 6.45) is 0. The first-order valence-electron chi connectivity index (χ1n) is 9.51. The van der Waals surface area contributed by atoms with Crippen molar-refractivity contribution in [2.75, 3.05) is 16.0 Å². The van der Waals surface area contributed by atoms with Gasteiger partial charge in [-0.3, -0.25) is 9.59 Å². The van der Waals surface area contributed by atoms with E-state index in [9.17, 15) is 14.4 Å². The van der Waals surface area contributed by atoms with Crippen LogP contribution in [-0.4, -0.2) is 23.9 Å². The summed E-state index contributed by atoms with van der Waals surface area (Å²) in [5.74, 6) is -0.688. The Balaban J connectivity index is 1.50. The summed E-state index contributed by atoms with van der Waals surface area (Å²) < 4.78 is 0.866. The molecule has 0 saturated heterocycles. The predicted molar refractivity (Wildman–Crippen MR) is 125 cm³/mol. The first-order valence-corrected chi connectivity index (χ1v) is 10.3. The van der Waals surface area contributed by atoms with Crippen LogP contribution < -0.4 is 21.3 Å². The summed E-state index contributed by atoms with van der Waals surface area (Å²) >= 11 is 3.32. The van der Waals surface area contributed by atoms with Crippen LogP contribution in [0.5, 0.6) is 0 Å². The molecule has 1 unspecified atom stereocenters. The Morgan fingerprint density at radius 3 is 1.81 bits per heavy atom. The summed E-state index contributed by atoms with van der Waals surface area (Å²) in [6, 6.07) is 21.5. The molecule has 4 amide bonds. The topological polar surface area (TPSA) is 99.3 Å². The normalized spacial score (nSPS) is 11.2. The molecule has 0 aromatic heterocycles. The van der Waals surface area contributed by atoms with Gasteiger partial charge in [0.1, 0.15) is 6.04 Å². The van der Waals surface area contributed by atoms with Crippen LogP contribution in [0.1, 0.15) is 17.3 Å². The molecule has 0 aliphatic carbocycles. The van der Waals surface area contributed by atoms with Gasteiger partial charge in [0.25, 0.3) is 5.91 Å². The lowest BCUT2D eigenvalue weighted by molar-refractivity contribution is -0.117. The first-order chi connectivity index (χ1) is 14.9. The fourth-order valence-electron chi connectivity index (χ4n) is 2.65. The Labute approximate surface area is 188 Å². The first kappa shape index (κ1) is 22.0. The average Bonchev–Trinajstić information content (AvgIpc) is 2.76. The van der Waals surface area contributed by atoms with Gasteiger partial charge in [-0.1, -0.05) is 34.1 Å². The standard InChI is InChI=1S/C23H21BrN4O3/c1-15(25-22(30)16-7-9-17(24)10-8-16)21(29)26-19-11-13-20(14-12-19)28-23(31)27-18-5-3-2-4-6-18/h2-15H,1H3,(H,25,30)(H,26,29)(H2,27,28,31). The molecule has 0 heterocycles. The highest BCUT2D eigenvalue weighted by atomic mass is 79.9. The van der Waals surface area contributed by atoms with Crippen molar-refractivity contribution in [2.24, 2.45) is 0 Å². The molecule has 3 aromatic rings. The maximum Gasteiger partial charge on any atom is 0.323 e. The largest absolute Gasteiger partial charge is 0.341 e. The highest BCUT2D eigenvalue weighted by molar-refractivity contribution is 9.10. The number of hydrogen-bond donors (Lipinski definition) is 4. The molecule has 0 radical (unpaired) electrons. The summed E-state index contributed by atoms with van der Waals surface area (Å²) in [7, 11) is 0. The fourth-order valence-corrected chi connectivity index (χ4v) is 2.91. The Hall–Kier alpha value is -3.65. The number of benzene rings is 3. The molecule has 8 heteroatoms. The van der Waals surface area contributed by atoms with E-state index in [4.69, 9.17) is 0 Å². The molecule has 0 aliphatic rings. The van der Waals surface area contributed by atoms with Gasteiger partial charge in [-0.25, -0.2) is 4.79 Å². The van der Waals surface area contributed by atoms with E-state index in [-0.39, 0.29) is 17.8 Å². The Morgan fingerprint density at radius 2 is 1.23 bits per heavy atom. The van der Waals surface area contributed by atoms with E-state index in [1.54, 1.807) is 67.6 Å². The zero-order valence-corrected chi connectivity index (χ0v) is 18.3. The lowest BCUT2D eigenvalue weighted by atomic mass is 10.2. The number of halogens is 1. The number of urea groups is 1. The molecule has 0 spiro atoms. The number of hydrogen-bond acceptors (Lipinski definition) is 3. The molecule has 0 fully saturated rings. The number of amides is 4. The summed E-state index contributed by atoms with van der Waals surface area (Å²) in [4.78, 5) is 36.7. The van der Waals surface area contributed by atoms with Crippen LogP contribution in [0.25, 0.3) is 0 Å². The van der Waals surface area contributed by atoms with E-state index in [0.717, 1.165) is 4.47 Å². The number of rotatable bonds is 6. The SMILES string of the molecule is CC(NC(=O)c1ccc(Br)cc1)C(=O)Nc1ccc(NC(=O)Nc2ccccc2)cc1. The fraction of sp³-hybridized carbons (Fsp3) is 0.0870. The second-order valence-corrected chi connectivity index (χ2v) is 7.63. The minimum atomic E-state index is -0.731. The molecule has 0 aliphatic heterocycles. The van der Waals surface area contributed by atoms with E-state index >= 15 is 0 Å². The summed E-state index contributed by atoms with van der Waals surface area (Å²) in [6.45, 7) is 1.61.